The minimum Gasteiger partial charge on any atom is -0.497 e. The van der Waals surface area contributed by atoms with Crippen molar-refractivity contribution in [3.05, 3.63) is 64.5 Å². The Balaban J connectivity index is 1.51. The number of rotatable bonds is 5. The minimum absolute atomic E-state index is 0.306. The zero-order valence-corrected chi connectivity index (χ0v) is 16.2. The van der Waals surface area contributed by atoms with Gasteiger partial charge in [-0.15, -0.1) is 0 Å². The monoisotopic (exact) mass is 381 g/mol. The number of anilines is 1. The molecule has 4 rings (SSSR count). The number of nitrogens with zero attached hydrogens (tertiary/aromatic N) is 1. The van der Waals surface area contributed by atoms with Gasteiger partial charge in [-0.25, -0.2) is 4.79 Å². The topological polar surface area (TPSA) is 56.3 Å². The van der Waals surface area contributed by atoms with Crippen LogP contribution in [0.2, 0.25) is 0 Å². The Morgan fingerprint density at radius 2 is 1.82 bits per heavy atom. The van der Waals surface area contributed by atoms with Crippen molar-refractivity contribution < 1.29 is 18.8 Å². The number of benzene rings is 2. The van der Waals surface area contributed by atoms with Crippen molar-refractivity contribution in [1.29, 1.82) is 0 Å². The largest absolute Gasteiger partial charge is 0.497 e. The number of hydrogen-bond acceptors (Lipinski definition) is 5. The highest BCUT2D eigenvalue weighted by molar-refractivity contribution is 5.81. The number of hydrogen-bond donors (Lipinski definition) is 1. The number of ether oxygens (including phenoxy) is 2. The first kappa shape index (κ1) is 18.4. The van der Waals surface area contributed by atoms with Gasteiger partial charge in [0.05, 0.1) is 46.1 Å². The van der Waals surface area contributed by atoms with Gasteiger partial charge in [-0.05, 0) is 30.3 Å². The maximum atomic E-state index is 12.0. The third kappa shape index (κ3) is 3.68. The lowest BCUT2D eigenvalue weighted by molar-refractivity contribution is -0.914. The zero-order chi connectivity index (χ0) is 19.5. The Bertz CT molecular complexity index is 1020. The molecule has 0 bridgehead atoms. The molecule has 1 fully saturated rings. The molecular weight excluding hydrogens is 356 g/mol. The van der Waals surface area contributed by atoms with Crippen LogP contribution >= 0.6 is 0 Å². The lowest BCUT2D eigenvalue weighted by Crippen LogP contribution is -3.13. The molecule has 1 aromatic heterocycles. The SMILES string of the molecule is COc1ccc2oc(=O)cc(C[NH+]3CCN(c4ccccc4OC)CC3)c2c1. The minimum atomic E-state index is -0.306. The predicted molar refractivity (Wildman–Crippen MR) is 109 cm³/mol. The summed E-state index contributed by atoms with van der Waals surface area (Å²) in [7, 11) is 3.35. The molecule has 1 aliphatic rings. The van der Waals surface area contributed by atoms with Gasteiger partial charge in [-0.3, -0.25) is 0 Å². The molecular formula is C22H25N2O4+. The normalized spacial score (nSPS) is 15.0. The van der Waals surface area contributed by atoms with Crippen LogP contribution in [0.15, 0.2) is 57.7 Å². The van der Waals surface area contributed by atoms with Gasteiger partial charge in [0.1, 0.15) is 23.6 Å². The fraction of sp³-hybridized carbons (Fsp3) is 0.318. The summed E-state index contributed by atoms with van der Waals surface area (Å²) in [4.78, 5) is 15.8. The number of nitrogens with one attached hydrogen (secondary N) is 1. The van der Waals surface area contributed by atoms with E-state index < -0.39 is 0 Å². The average Bonchev–Trinajstić information content (AvgIpc) is 2.74. The molecule has 1 aliphatic heterocycles. The number of piperazine rings is 1. The molecule has 1 saturated heterocycles. The van der Waals surface area contributed by atoms with Crippen LogP contribution in [0.5, 0.6) is 11.5 Å². The van der Waals surface area contributed by atoms with Gasteiger partial charge >= 0.3 is 5.63 Å². The fourth-order valence-corrected chi connectivity index (χ4v) is 3.88. The fourth-order valence-electron chi connectivity index (χ4n) is 3.88. The van der Waals surface area contributed by atoms with E-state index >= 15 is 0 Å². The molecule has 0 spiro atoms. The first-order chi connectivity index (χ1) is 13.7. The summed E-state index contributed by atoms with van der Waals surface area (Å²) in [5.41, 5.74) is 2.44. The van der Waals surface area contributed by atoms with Gasteiger partial charge < -0.3 is 23.7 Å². The summed E-state index contributed by atoms with van der Waals surface area (Å²) in [6.07, 6.45) is 0. The van der Waals surface area contributed by atoms with E-state index in [1.807, 2.05) is 30.3 Å². The second kappa shape index (κ2) is 7.94. The average molecular weight is 381 g/mol. The second-order valence-corrected chi connectivity index (χ2v) is 7.04. The predicted octanol–water partition coefficient (Wildman–Crippen LogP) is 1.72. The summed E-state index contributed by atoms with van der Waals surface area (Å²) in [6.45, 7) is 4.65. The van der Waals surface area contributed by atoms with E-state index in [1.165, 1.54) is 4.90 Å². The zero-order valence-electron chi connectivity index (χ0n) is 16.2. The first-order valence-corrected chi connectivity index (χ1v) is 9.50. The van der Waals surface area contributed by atoms with Crippen LogP contribution in [0, 0.1) is 0 Å². The van der Waals surface area contributed by atoms with Crippen LogP contribution in [0.1, 0.15) is 5.56 Å². The molecule has 0 saturated carbocycles. The molecule has 146 valence electrons. The molecule has 0 amide bonds. The van der Waals surface area contributed by atoms with Crippen LogP contribution in [0.25, 0.3) is 11.0 Å². The Morgan fingerprint density at radius 3 is 2.57 bits per heavy atom. The van der Waals surface area contributed by atoms with Crippen molar-refractivity contribution in [2.24, 2.45) is 0 Å². The van der Waals surface area contributed by atoms with Crippen molar-refractivity contribution in [2.75, 3.05) is 45.3 Å². The molecule has 0 radical (unpaired) electrons. The Morgan fingerprint density at radius 1 is 1.04 bits per heavy atom. The number of fused-ring (bicyclic) bond motifs is 1. The van der Waals surface area contributed by atoms with Crippen LogP contribution in [-0.2, 0) is 6.54 Å². The van der Waals surface area contributed by atoms with Crippen LogP contribution in [-0.4, -0.2) is 40.4 Å². The smallest absolute Gasteiger partial charge is 0.336 e. The van der Waals surface area contributed by atoms with E-state index in [2.05, 4.69) is 11.0 Å². The third-order valence-electron chi connectivity index (χ3n) is 5.37. The highest BCUT2D eigenvalue weighted by Gasteiger charge is 2.23. The van der Waals surface area contributed by atoms with Crippen molar-refractivity contribution >= 4 is 16.7 Å². The summed E-state index contributed by atoms with van der Waals surface area (Å²) < 4.78 is 16.2. The standard InChI is InChI=1S/C22H24N2O4/c1-26-17-7-8-20-18(14-17)16(13-22(25)28-20)15-23-9-11-24(12-10-23)19-5-3-4-6-21(19)27-2/h3-8,13-14H,9-12,15H2,1-2H3/p+1. The quantitative estimate of drug-likeness (QED) is 0.682. The van der Waals surface area contributed by atoms with Crippen molar-refractivity contribution in [2.45, 2.75) is 6.54 Å². The number of quaternary nitrogens is 1. The van der Waals surface area contributed by atoms with Crippen LogP contribution < -0.4 is 24.9 Å². The lowest BCUT2D eigenvalue weighted by Gasteiger charge is -2.34. The van der Waals surface area contributed by atoms with Gasteiger partial charge in [0.25, 0.3) is 0 Å². The molecule has 0 atom stereocenters. The van der Waals surface area contributed by atoms with E-state index in [4.69, 9.17) is 13.9 Å². The highest BCUT2D eigenvalue weighted by Crippen LogP contribution is 2.27. The van der Waals surface area contributed by atoms with Crippen molar-refractivity contribution in [3.63, 3.8) is 0 Å². The molecule has 28 heavy (non-hydrogen) atoms. The van der Waals surface area contributed by atoms with E-state index in [9.17, 15) is 4.79 Å². The van der Waals surface area contributed by atoms with Gasteiger partial charge in [-0.1, -0.05) is 12.1 Å². The van der Waals surface area contributed by atoms with Crippen molar-refractivity contribution in [1.82, 2.24) is 0 Å². The summed E-state index contributed by atoms with van der Waals surface area (Å²) >= 11 is 0. The van der Waals surface area contributed by atoms with Gasteiger partial charge in [0.2, 0.25) is 0 Å². The Labute approximate surface area is 163 Å². The molecule has 2 heterocycles. The lowest BCUT2D eigenvalue weighted by atomic mass is 10.1. The highest BCUT2D eigenvalue weighted by atomic mass is 16.5. The molecule has 3 aromatic rings. The molecule has 0 unspecified atom stereocenters. The van der Waals surface area contributed by atoms with Gasteiger partial charge in [-0.2, -0.15) is 0 Å². The van der Waals surface area contributed by atoms with E-state index in [1.54, 1.807) is 26.4 Å². The number of para-hydroxylation sites is 2. The molecule has 6 heteroatoms. The third-order valence-corrected chi connectivity index (χ3v) is 5.37. The molecule has 2 aromatic carbocycles. The molecule has 0 aliphatic carbocycles. The van der Waals surface area contributed by atoms with E-state index in [0.717, 1.165) is 60.9 Å². The van der Waals surface area contributed by atoms with E-state index in [0.29, 0.717) is 5.58 Å². The van der Waals surface area contributed by atoms with Gasteiger partial charge in [0.15, 0.2) is 0 Å². The summed E-state index contributed by atoms with van der Waals surface area (Å²) in [6, 6.07) is 15.3. The summed E-state index contributed by atoms with van der Waals surface area (Å²) in [5.74, 6) is 1.67. The summed E-state index contributed by atoms with van der Waals surface area (Å²) in [5, 5.41) is 0.943. The maximum Gasteiger partial charge on any atom is 0.336 e. The van der Waals surface area contributed by atoms with Crippen LogP contribution in [0.3, 0.4) is 0 Å². The van der Waals surface area contributed by atoms with Gasteiger partial charge in [0, 0.05) is 17.0 Å². The van der Waals surface area contributed by atoms with Crippen LogP contribution in [0.4, 0.5) is 5.69 Å². The number of methoxy groups -OCH3 is 2. The Hall–Kier alpha value is -2.99. The van der Waals surface area contributed by atoms with Crippen molar-refractivity contribution in [3.8, 4) is 11.5 Å². The molecule has 1 N–H and O–H groups in total. The maximum absolute atomic E-state index is 12.0. The Kier molecular flexibility index (Phi) is 5.21. The first-order valence-electron chi connectivity index (χ1n) is 9.50. The van der Waals surface area contributed by atoms with E-state index in [-0.39, 0.29) is 5.63 Å². The molecule has 6 nitrogen and oxygen atoms in total. The second-order valence-electron chi connectivity index (χ2n) is 7.04.